The fourth-order valence-corrected chi connectivity index (χ4v) is 3.42. The fraction of sp³-hybridized carbons (Fsp3) is 0.286. The summed E-state index contributed by atoms with van der Waals surface area (Å²) in [6.07, 6.45) is 0.313. The van der Waals surface area contributed by atoms with Crippen LogP contribution in [0.25, 0.3) is 0 Å². The summed E-state index contributed by atoms with van der Waals surface area (Å²) in [7, 11) is 0. The van der Waals surface area contributed by atoms with Crippen LogP contribution in [0.2, 0.25) is 0 Å². The normalized spacial score (nSPS) is 17.5. The molecule has 1 saturated heterocycles. The lowest BCUT2D eigenvalue weighted by molar-refractivity contribution is -0.119. The lowest BCUT2D eigenvalue weighted by atomic mass is 9.81. The number of urea groups is 1. The first-order valence-corrected chi connectivity index (χ1v) is 8.87. The van der Waals surface area contributed by atoms with Gasteiger partial charge >= 0.3 is 6.03 Å². The smallest absolute Gasteiger partial charge is 0.323 e. The maximum Gasteiger partial charge on any atom is 0.323 e. The molecule has 1 aliphatic rings. The van der Waals surface area contributed by atoms with Gasteiger partial charge < -0.3 is 16.0 Å². The number of hydrogen-bond acceptors (Lipinski definition) is 3. The second-order valence-electron chi connectivity index (χ2n) is 7.62. The number of rotatable bonds is 3. The molecule has 1 heterocycles. The SMILES string of the molecule is Cc1cc(C#N)ccc1NC(=O)Nc1ccc(F)c(C2NC(=O)CC2(C)C)c1. The van der Waals surface area contributed by atoms with Gasteiger partial charge in [0.2, 0.25) is 5.91 Å². The van der Waals surface area contributed by atoms with Crippen molar-refractivity contribution in [3.63, 3.8) is 0 Å². The van der Waals surface area contributed by atoms with Crippen LogP contribution in [0.1, 0.15) is 43.0 Å². The van der Waals surface area contributed by atoms with E-state index in [1.165, 1.54) is 12.1 Å². The molecule has 0 aliphatic carbocycles. The van der Waals surface area contributed by atoms with Gasteiger partial charge in [-0.15, -0.1) is 0 Å². The third kappa shape index (κ3) is 3.96. The van der Waals surface area contributed by atoms with Crippen molar-refractivity contribution in [3.8, 4) is 6.07 Å². The fourth-order valence-electron chi connectivity index (χ4n) is 3.42. The maximum atomic E-state index is 14.4. The van der Waals surface area contributed by atoms with Crippen LogP contribution in [0.15, 0.2) is 36.4 Å². The third-order valence-corrected chi connectivity index (χ3v) is 4.87. The summed E-state index contributed by atoms with van der Waals surface area (Å²) in [6.45, 7) is 5.59. The molecule has 2 aromatic rings. The monoisotopic (exact) mass is 380 g/mol. The van der Waals surface area contributed by atoms with Gasteiger partial charge in [-0.05, 0) is 54.3 Å². The summed E-state index contributed by atoms with van der Waals surface area (Å²) in [5.41, 5.74) is 2.15. The molecule has 1 aliphatic heterocycles. The van der Waals surface area contributed by atoms with Crippen LogP contribution in [-0.4, -0.2) is 11.9 Å². The molecule has 6 nitrogen and oxygen atoms in total. The van der Waals surface area contributed by atoms with Crippen LogP contribution < -0.4 is 16.0 Å². The molecule has 3 N–H and O–H groups in total. The van der Waals surface area contributed by atoms with Gasteiger partial charge in [0.05, 0.1) is 17.7 Å². The Balaban J connectivity index is 1.77. The van der Waals surface area contributed by atoms with E-state index in [9.17, 15) is 14.0 Å². The van der Waals surface area contributed by atoms with Crippen molar-refractivity contribution in [2.75, 3.05) is 10.6 Å². The number of carbonyl (C=O) groups excluding carboxylic acids is 2. The summed E-state index contributed by atoms with van der Waals surface area (Å²) in [6, 6.07) is 10.3. The number of benzene rings is 2. The molecule has 3 rings (SSSR count). The Morgan fingerprint density at radius 3 is 2.61 bits per heavy atom. The first-order chi connectivity index (χ1) is 13.2. The largest absolute Gasteiger partial charge is 0.349 e. The minimum atomic E-state index is -0.486. The van der Waals surface area contributed by atoms with E-state index in [2.05, 4.69) is 16.0 Å². The maximum absolute atomic E-state index is 14.4. The summed E-state index contributed by atoms with van der Waals surface area (Å²) < 4.78 is 14.4. The molecule has 0 bridgehead atoms. The highest BCUT2D eigenvalue weighted by atomic mass is 19.1. The lowest BCUT2D eigenvalue weighted by Gasteiger charge is -2.26. The average molecular weight is 380 g/mol. The van der Waals surface area contributed by atoms with Gasteiger partial charge in [0.1, 0.15) is 5.82 Å². The summed E-state index contributed by atoms with van der Waals surface area (Å²) >= 11 is 0. The van der Waals surface area contributed by atoms with Crippen LogP contribution in [0, 0.1) is 29.5 Å². The molecule has 144 valence electrons. The first-order valence-electron chi connectivity index (χ1n) is 8.87. The number of nitrogens with one attached hydrogen (secondary N) is 3. The lowest BCUT2D eigenvalue weighted by Crippen LogP contribution is -2.26. The molecule has 7 heteroatoms. The highest BCUT2D eigenvalue weighted by molar-refractivity contribution is 6.00. The van der Waals surface area contributed by atoms with Crippen LogP contribution in [-0.2, 0) is 4.79 Å². The highest BCUT2D eigenvalue weighted by Gasteiger charge is 2.41. The van der Waals surface area contributed by atoms with E-state index >= 15 is 0 Å². The Morgan fingerprint density at radius 1 is 1.25 bits per heavy atom. The van der Waals surface area contributed by atoms with E-state index in [0.717, 1.165) is 5.56 Å². The zero-order valence-electron chi connectivity index (χ0n) is 15.9. The van der Waals surface area contributed by atoms with Crippen LogP contribution in [0.4, 0.5) is 20.6 Å². The quantitative estimate of drug-likeness (QED) is 0.743. The van der Waals surface area contributed by atoms with E-state index < -0.39 is 23.3 Å². The predicted octanol–water partition coefficient (Wildman–Crippen LogP) is 4.24. The number of aryl methyl sites for hydroxylation is 1. The molecule has 0 aromatic heterocycles. The zero-order valence-corrected chi connectivity index (χ0v) is 15.9. The molecular formula is C21H21FN4O2. The molecular weight excluding hydrogens is 359 g/mol. The average Bonchev–Trinajstić information content (AvgIpc) is 2.90. The molecule has 1 fully saturated rings. The molecule has 28 heavy (non-hydrogen) atoms. The van der Waals surface area contributed by atoms with Crippen molar-refractivity contribution in [1.82, 2.24) is 5.32 Å². The Kier molecular flexibility index (Phi) is 5.06. The van der Waals surface area contributed by atoms with E-state index in [4.69, 9.17) is 5.26 Å². The number of amides is 3. The summed E-state index contributed by atoms with van der Waals surface area (Å²) in [5, 5.41) is 17.1. The van der Waals surface area contributed by atoms with Gasteiger partial charge in [0, 0.05) is 23.4 Å². The first kappa shape index (κ1) is 19.4. The number of carbonyl (C=O) groups is 2. The van der Waals surface area contributed by atoms with Gasteiger partial charge in [-0.3, -0.25) is 4.79 Å². The van der Waals surface area contributed by atoms with Crippen molar-refractivity contribution in [3.05, 3.63) is 58.9 Å². The van der Waals surface area contributed by atoms with Crippen molar-refractivity contribution in [2.45, 2.75) is 33.2 Å². The van der Waals surface area contributed by atoms with E-state index in [-0.39, 0.29) is 5.91 Å². The van der Waals surface area contributed by atoms with Crippen molar-refractivity contribution >= 4 is 23.3 Å². The molecule has 2 aromatic carbocycles. The van der Waals surface area contributed by atoms with Crippen molar-refractivity contribution in [2.24, 2.45) is 5.41 Å². The van der Waals surface area contributed by atoms with Crippen molar-refractivity contribution < 1.29 is 14.0 Å². The zero-order chi connectivity index (χ0) is 20.5. The predicted molar refractivity (Wildman–Crippen MR) is 104 cm³/mol. The Bertz CT molecular complexity index is 994. The van der Waals surface area contributed by atoms with Crippen molar-refractivity contribution in [1.29, 1.82) is 5.26 Å². The van der Waals surface area contributed by atoms with Gasteiger partial charge in [-0.2, -0.15) is 5.26 Å². The highest BCUT2D eigenvalue weighted by Crippen LogP contribution is 2.42. The van der Waals surface area contributed by atoms with Gasteiger partial charge in [-0.25, -0.2) is 9.18 Å². The van der Waals surface area contributed by atoms with E-state index in [0.29, 0.717) is 28.9 Å². The van der Waals surface area contributed by atoms with Crippen LogP contribution in [0.5, 0.6) is 0 Å². The number of nitrogens with zero attached hydrogens (tertiary/aromatic N) is 1. The molecule has 3 amide bonds. The summed E-state index contributed by atoms with van der Waals surface area (Å²) in [5.74, 6) is -0.559. The van der Waals surface area contributed by atoms with Crippen LogP contribution >= 0.6 is 0 Å². The second kappa shape index (κ2) is 7.31. The molecule has 1 unspecified atom stereocenters. The third-order valence-electron chi connectivity index (χ3n) is 4.87. The number of nitriles is 1. The van der Waals surface area contributed by atoms with Gasteiger partial charge in [0.25, 0.3) is 0 Å². The minimum Gasteiger partial charge on any atom is -0.349 e. The summed E-state index contributed by atoms with van der Waals surface area (Å²) in [4.78, 5) is 24.1. The van der Waals surface area contributed by atoms with Gasteiger partial charge in [-0.1, -0.05) is 13.8 Å². The molecule has 0 spiro atoms. The minimum absolute atomic E-state index is 0.123. The van der Waals surface area contributed by atoms with Gasteiger partial charge in [0.15, 0.2) is 0 Å². The standard InChI is InChI=1S/C21H21FN4O2/c1-12-8-13(11-23)4-7-17(12)25-20(28)24-14-5-6-16(22)15(9-14)19-21(2,3)10-18(27)26-19/h4-9,19H,10H2,1-3H3,(H,26,27)(H2,24,25,28). The second-order valence-corrected chi connectivity index (χ2v) is 7.62. The van der Waals surface area contributed by atoms with E-state index in [1.54, 1.807) is 31.2 Å². The molecule has 0 saturated carbocycles. The van der Waals surface area contributed by atoms with E-state index in [1.807, 2.05) is 19.9 Å². The van der Waals surface area contributed by atoms with Crippen LogP contribution in [0.3, 0.4) is 0 Å². The Labute approximate surface area is 162 Å². The molecule has 1 atom stereocenters. The topological polar surface area (TPSA) is 94.0 Å². The Morgan fingerprint density at radius 2 is 2.00 bits per heavy atom. The number of anilines is 2. The molecule has 0 radical (unpaired) electrons. The number of hydrogen-bond donors (Lipinski definition) is 3. The number of halogens is 1. The Hall–Kier alpha value is -3.40.